The molecule has 2 aliphatic carbocycles. The predicted molar refractivity (Wildman–Crippen MR) is 143 cm³/mol. The zero-order valence-corrected chi connectivity index (χ0v) is 21.9. The van der Waals surface area contributed by atoms with Gasteiger partial charge in [-0.25, -0.2) is 4.68 Å². The number of aryl methyl sites for hydroxylation is 2. The average molecular weight is 491 g/mol. The van der Waals surface area contributed by atoms with E-state index in [4.69, 9.17) is 5.10 Å². The van der Waals surface area contributed by atoms with E-state index in [0.29, 0.717) is 11.8 Å². The van der Waals surface area contributed by atoms with Crippen LogP contribution in [0.15, 0.2) is 23.0 Å². The summed E-state index contributed by atoms with van der Waals surface area (Å²) in [5.74, 6) is 0.156. The molecule has 2 aromatic heterocycles. The van der Waals surface area contributed by atoms with Crippen molar-refractivity contribution >= 4 is 22.2 Å². The molecule has 1 aromatic carbocycles. The molecule has 2 heterocycles. The van der Waals surface area contributed by atoms with Crippen molar-refractivity contribution in [2.24, 2.45) is 5.41 Å². The molecule has 0 amide bonds. The van der Waals surface area contributed by atoms with Gasteiger partial charge in [-0.3, -0.25) is 9.59 Å². The molecule has 0 atom stereocenters. The first-order valence-corrected chi connectivity index (χ1v) is 13.4. The van der Waals surface area contributed by atoms with Crippen molar-refractivity contribution in [3.63, 3.8) is 0 Å². The number of H-pyrrole nitrogens is 1. The van der Waals surface area contributed by atoms with Gasteiger partial charge in [0, 0.05) is 23.8 Å². The number of aromatic amines is 1. The molecule has 2 aliphatic rings. The zero-order chi connectivity index (χ0) is 25.6. The Morgan fingerprint density at radius 1 is 1.14 bits per heavy atom. The van der Waals surface area contributed by atoms with Gasteiger partial charge in [0.15, 0.2) is 5.78 Å². The fourth-order valence-electron chi connectivity index (χ4n) is 5.98. The number of hydrogen-bond acceptors (Lipinski definition) is 5. The summed E-state index contributed by atoms with van der Waals surface area (Å²) in [5, 5.41) is 19.9. The number of aliphatic hydroxyl groups is 1. The Kier molecular flexibility index (Phi) is 6.54. The Labute approximate surface area is 212 Å². The third-order valence-corrected chi connectivity index (χ3v) is 7.81. The Morgan fingerprint density at radius 3 is 2.61 bits per heavy atom. The number of carbonyl (C=O) groups is 1. The SMILES string of the molecule is CCCCc1cc2cc(-n3nc(C)c4c3CC(C)(C)CC4=O)cc(N[C@H]3CC[C@H](O)CC3)c2c(=O)[nH]1. The third-order valence-electron chi connectivity index (χ3n) is 7.81. The number of aromatic nitrogens is 3. The number of benzene rings is 1. The maximum atomic E-state index is 13.3. The molecule has 36 heavy (non-hydrogen) atoms. The summed E-state index contributed by atoms with van der Waals surface area (Å²) in [5.41, 5.74) is 4.84. The van der Waals surface area contributed by atoms with Gasteiger partial charge in [-0.1, -0.05) is 27.2 Å². The number of nitrogens with zero attached hydrogens (tertiary/aromatic N) is 2. The van der Waals surface area contributed by atoms with Crippen molar-refractivity contribution in [1.82, 2.24) is 14.8 Å². The van der Waals surface area contributed by atoms with E-state index in [0.717, 1.165) is 90.8 Å². The number of carbonyl (C=O) groups excluding carboxylic acids is 1. The maximum absolute atomic E-state index is 13.3. The summed E-state index contributed by atoms with van der Waals surface area (Å²) in [7, 11) is 0. The van der Waals surface area contributed by atoms with Crippen LogP contribution in [0.4, 0.5) is 5.69 Å². The minimum Gasteiger partial charge on any atom is -0.393 e. The van der Waals surface area contributed by atoms with Crippen LogP contribution in [0.1, 0.15) is 93.2 Å². The molecule has 0 unspecified atom stereocenters. The Bertz CT molecular complexity index is 1360. The van der Waals surface area contributed by atoms with Gasteiger partial charge in [-0.05, 0) is 80.9 Å². The molecule has 0 saturated heterocycles. The van der Waals surface area contributed by atoms with Crippen molar-refractivity contribution in [2.75, 3.05) is 5.32 Å². The van der Waals surface area contributed by atoms with Crippen LogP contribution in [0.5, 0.6) is 0 Å². The van der Waals surface area contributed by atoms with Crippen LogP contribution < -0.4 is 10.9 Å². The number of rotatable bonds is 6. The molecule has 0 radical (unpaired) electrons. The van der Waals surface area contributed by atoms with Crippen molar-refractivity contribution in [1.29, 1.82) is 0 Å². The molecule has 0 bridgehead atoms. The lowest BCUT2D eigenvalue weighted by Crippen LogP contribution is -2.29. The van der Waals surface area contributed by atoms with Crippen molar-refractivity contribution in [3.8, 4) is 5.69 Å². The summed E-state index contributed by atoms with van der Waals surface area (Å²) < 4.78 is 1.92. The van der Waals surface area contributed by atoms with Gasteiger partial charge in [-0.2, -0.15) is 5.10 Å². The first kappa shape index (κ1) is 24.8. The molecular weight excluding hydrogens is 452 g/mol. The molecule has 7 nitrogen and oxygen atoms in total. The van der Waals surface area contributed by atoms with E-state index in [9.17, 15) is 14.7 Å². The molecule has 5 rings (SSSR count). The number of hydrogen-bond donors (Lipinski definition) is 3. The van der Waals surface area contributed by atoms with E-state index in [1.165, 1.54) is 0 Å². The van der Waals surface area contributed by atoms with Crippen molar-refractivity contribution < 1.29 is 9.90 Å². The van der Waals surface area contributed by atoms with Crippen LogP contribution in [-0.4, -0.2) is 37.8 Å². The largest absolute Gasteiger partial charge is 0.393 e. The average Bonchev–Trinajstić information content (AvgIpc) is 3.13. The van der Waals surface area contributed by atoms with Gasteiger partial charge >= 0.3 is 0 Å². The standard InChI is InChI=1S/C29H38N4O3/c1-5-6-7-20-12-18-13-21(33-24-15-29(3,4)16-25(35)26(24)17(2)32-33)14-23(27(18)28(36)31-20)30-19-8-10-22(34)11-9-19/h12-14,19,22,30,34H,5-11,15-16H2,1-4H3,(H,31,36)/t19-,22-. The van der Waals surface area contributed by atoms with Crippen LogP contribution in [0.3, 0.4) is 0 Å². The van der Waals surface area contributed by atoms with E-state index >= 15 is 0 Å². The monoisotopic (exact) mass is 490 g/mol. The van der Waals surface area contributed by atoms with Gasteiger partial charge in [0.2, 0.25) is 0 Å². The number of Topliss-reactive ketones (excluding diaryl/α,β-unsaturated/α-hetero) is 1. The molecule has 3 N–H and O–H groups in total. The van der Waals surface area contributed by atoms with Crippen LogP contribution in [-0.2, 0) is 12.8 Å². The Morgan fingerprint density at radius 2 is 1.89 bits per heavy atom. The van der Waals surface area contributed by atoms with Gasteiger partial charge < -0.3 is 15.4 Å². The minimum atomic E-state index is -0.241. The van der Waals surface area contributed by atoms with Gasteiger partial charge in [0.05, 0.1) is 34.1 Å². The summed E-state index contributed by atoms with van der Waals surface area (Å²) >= 11 is 0. The van der Waals surface area contributed by atoms with Crippen molar-refractivity contribution in [2.45, 2.75) is 97.6 Å². The third kappa shape index (κ3) is 4.73. The highest BCUT2D eigenvalue weighted by Crippen LogP contribution is 2.38. The number of unbranched alkanes of at least 4 members (excludes halogenated alkanes) is 1. The van der Waals surface area contributed by atoms with E-state index in [2.05, 4.69) is 37.1 Å². The lowest BCUT2D eigenvalue weighted by molar-refractivity contribution is 0.0910. The second-order valence-corrected chi connectivity index (χ2v) is 11.6. The molecule has 3 aromatic rings. The topological polar surface area (TPSA) is 100 Å². The second kappa shape index (κ2) is 9.51. The van der Waals surface area contributed by atoms with Crippen LogP contribution in [0.25, 0.3) is 16.5 Å². The highest BCUT2D eigenvalue weighted by atomic mass is 16.3. The molecule has 0 spiro atoms. The smallest absolute Gasteiger partial charge is 0.258 e. The van der Waals surface area contributed by atoms with E-state index < -0.39 is 0 Å². The number of anilines is 1. The van der Waals surface area contributed by atoms with Gasteiger partial charge in [0.1, 0.15) is 0 Å². The highest BCUT2D eigenvalue weighted by molar-refractivity contribution is 6.00. The molecule has 1 fully saturated rings. The molecule has 0 aliphatic heterocycles. The van der Waals surface area contributed by atoms with Gasteiger partial charge in [0.25, 0.3) is 5.56 Å². The molecular formula is C29H38N4O3. The number of aliphatic hydroxyl groups excluding tert-OH is 1. The Hall–Kier alpha value is -2.93. The second-order valence-electron chi connectivity index (χ2n) is 11.6. The van der Waals surface area contributed by atoms with Crippen LogP contribution in [0, 0.1) is 12.3 Å². The molecule has 192 valence electrons. The van der Waals surface area contributed by atoms with Crippen LogP contribution >= 0.6 is 0 Å². The maximum Gasteiger partial charge on any atom is 0.258 e. The number of nitrogens with one attached hydrogen (secondary N) is 2. The Balaban J connectivity index is 1.66. The lowest BCUT2D eigenvalue weighted by atomic mass is 9.75. The van der Waals surface area contributed by atoms with E-state index in [-0.39, 0.29) is 28.9 Å². The summed E-state index contributed by atoms with van der Waals surface area (Å²) in [6.45, 7) is 8.31. The van der Waals surface area contributed by atoms with E-state index in [1.54, 1.807) is 0 Å². The van der Waals surface area contributed by atoms with E-state index in [1.807, 2.05) is 23.7 Å². The zero-order valence-electron chi connectivity index (χ0n) is 21.9. The fraction of sp³-hybridized carbons (Fsp3) is 0.552. The van der Waals surface area contributed by atoms with Crippen LogP contribution in [0.2, 0.25) is 0 Å². The first-order chi connectivity index (χ1) is 17.1. The summed E-state index contributed by atoms with van der Waals surface area (Å²) in [6.07, 6.45) is 7.20. The fourth-order valence-corrected chi connectivity index (χ4v) is 5.98. The van der Waals surface area contributed by atoms with Crippen molar-refractivity contribution in [3.05, 3.63) is 51.2 Å². The normalized spacial score (nSPS) is 21.5. The summed E-state index contributed by atoms with van der Waals surface area (Å²) in [6, 6.07) is 6.32. The predicted octanol–water partition coefficient (Wildman–Crippen LogP) is 5.24. The summed E-state index contributed by atoms with van der Waals surface area (Å²) in [4.78, 5) is 29.4. The minimum absolute atomic E-state index is 0.0847. The number of pyridine rings is 1. The van der Waals surface area contributed by atoms with Gasteiger partial charge in [-0.15, -0.1) is 0 Å². The number of ketones is 1. The molecule has 7 heteroatoms. The number of fused-ring (bicyclic) bond motifs is 2. The highest BCUT2D eigenvalue weighted by Gasteiger charge is 2.36. The first-order valence-electron chi connectivity index (χ1n) is 13.4. The lowest BCUT2D eigenvalue weighted by Gasteiger charge is -2.29. The quantitative estimate of drug-likeness (QED) is 0.439. The molecule has 1 saturated carbocycles.